The van der Waals surface area contributed by atoms with E-state index in [1.807, 2.05) is 6.07 Å². The van der Waals surface area contributed by atoms with Gasteiger partial charge in [-0.1, -0.05) is 17.7 Å². The third kappa shape index (κ3) is 4.16. The molecule has 0 aromatic heterocycles. The Balaban J connectivity index is 1.94. The van der Waals surface area contributed by atoms with Crippen molar-refractivity contribution in [2.45, 2.75) is 31.8 Å². The topological polar surface area (TPSA) is 6.48 Å². The summed E-state index contributed by atoms with van der Waals surface area (Å²) in [6, 6.07) is 5.71. The zero-order valence-electron chi connectivity index (χ0n) is 11.7. The second kappa shape index (κ2) is 6.69. The highest BCUT2D eigenvalue weighted by Gasteiger charge is 2.18. The number of hydrogen-bond donors (Lipinski definition) is 0. The van der Waals surface area contributed by atoms with Crippen LogP contribution in [0.2, 0.25) is 5.02 Å². The molecule has 1 saturated heterocycles. The van der Waals surface area contributed by atoms with Crippen LogP contribution < -0.4 is 0 Å². The normalized spacial score (nSPS) is 21.6. The molecule has 106 valence electrons. The Morgan fingerprint density at radius 1 is 1.32 bits per heavy atom. The molecule has 1 heterocycles. The summed E-state index contributed by atoms with van der Waals surface area (Å²) >= 11 is 5.83. The summed E-state index contributed by atoms with van der Waals surface area (Å²) in [5.74, 6) is -0.339. The van der Waals surface area contributed by atoms with E-state index >= 15 is 0 Å². The number of halogens is 2. The summed E-state index contributed by atoms with van der Waals surface area (Å²) in [6.07, 6.45) is 3.67. The van der Waals surface area contributed by atoms with Gasteiger partial charge < -0.3 is 4.90 Å². The minimum atomic E-state index is -0.339. The molecule has 1 fully saturated rings. The van der Waals surface area contributed by atoms with Gasteiger partial charge in [0.1, 0.15) is 5.82 Å². The molecular weight excluding hydrogens is 263 g/mol. The fraction of sp³-hybridized carbons (Fsp3) is 0.600. The average molecular weight is 285 g/mol. The van der Waals surface area contributed by atoms with Crippen molar-refractivity contribution >= 4 is 11.6 Å². The number of nitrogens with zero attached hydrogens (tertiary/aromatic N) is 2. The largest absolute Gasteiger partial charge is 0.306 e. The smallest absolute Gasteiger partial charge is 0.141 e. The van der Waals surface area contributed by atoms with Gasteiger partial charge in [-0.05, 0) is 64.1 Å². The van der Waals surface area contributed by atoms with Crippen molar-refractivity contribution in [1.82, 2.24) is 9.80 Å². The van der Waals surface area contributed by atoms with Crippen LogP contribution >= 0.6 is 11.6 Å². The predicted molar refractivity (Wildman–Crippen MR) is 78.0 cm³/mol. The van der Waals surface area contributed by atoms with Crippen molar-refractivity contribution in [3.63, 3.8) is 0 Å². The van der Waals surface area contributed by atoms with Crippen molar-refractivity contribution in [2.24, 2.45) is 0 Å². The Hall–Kier alpha value is -0.640. The van der Waals surface area contributed by atoms with Crippen molar-refractivity contribution < 1.29 is 4.39 Å². The maximum atomic E-state index is 13.1. The monoisotopic (exact) mass is 284 g/mol. The molecule has 0 unspecified atom stereocenters. The molecule has 1 aliphatic rings. The van der Waals surface area contributed by atoms with E-state index in [4.69, 9.17) is 11.6 Å². The van der Waals surface area contributed by atoms with Gasteiger partial charge >= 0.3 is 0 Å². The molecule has 0 radical (unpaired) electrons. The van der Waals surface area contributed by atoms with Gasteiger partial charge in [-0.15, -0.1) is 0 Å². The zero-order valence-corrected chi connectivity index (χ0v) is 12.5. The van der Waals surface area contributed by atoms with Crippen LogP contribution in [0.5, 0.6) is 0 Å². The molecular formula is C15H22ClFN2. The molecule has 1 aromatic carbocycles. The van der Waals surface area contributed by atoms with Crippen molar-refractivity contribution in [2.75, 3.05) is 27.2 Å². The standard InChI is InChI=1S/C15H22ClFN2/c1-18(2)13-4-3-8-19(9-7-13)11-12-5-6-15(17)14(16)10-12/h5-6,10,13H,3-4,7-9,11H2,1-2H3/t13-/m1/s1. The van der Waals surface area contributed by atoms with E-state index in [2.05, 4.69) is 23.9 Å². The van der Waals surface area contributed by atoms with Crippen LogP contribution in [-0.2, 0) is 6.54 Å². The lowest BCUT2D eigenvalue weighted by Crippen LogP contribution is -2.29. The van der Waals surface area contributed by atoms with Crippen LogP contribution in [-0.4, -0.2) is 43.0 Å². The second-order valence-electron chi connectivity index (χ2n) is 5.57. The lowest BCUT2D eigenvalue weighted by atomic mass is 10.1. The van der Waals surface area contributed by atoms with Gasteiger partial charge in [0.25, 0.3) is 0 Å². The van der Waals surface area contributed by atoms with Crippen LogP contribution in [0.3, 0.4) is 0 Å². The molecule has 2 nitrogen and oxygen atoms in total. The Labute approximate surface area is 120 Å². The number of benzene rings is 1. The fourth-order valence-corrected chi connectivity index (χ4v) is 2.91. The maximum absolute atomic E-state index is 13.1. The number of likely N-dealkylation sites (tertiary alicyclic amines) is 1. The molecule has 0 aliphatic carbocycles. The fourth-order valence-electron chi connectivity index (χ4n) is 2.71. The molecule has 0 saturated carbocycles. The van der Waals surface area contributed by atoms with Crippen molar-refractivity contribution in [3.05, 3.63) is 34.6 Å². The minimum absolute atomic E-state index is 0.221. The molecule has 1 aromatic rings. The van der Waals surface area contributed by atoms with E-state index in [1.54, 1.807) is 6.07 Å². The third-order valence-corrected chi connectivity index (χ3v) is 4.20. The molecule has 1 aliphatic heterocycles. The predicted octanol–water partition coefficient (Wildman–Crippen LogP) is 3.40. The van der Waals surface area contributed by atoms with Gasteiger partial charge in [0, 0.05) is 12.6 Å². The van der Waals surface area contributed by atoms with Crippen LogP contribution in [0.25, 0.3) is 0 Å². The molecule has 19 heavy (non-hydrogen) atoms. The van der Waals surface area contributed by atoms with Gasteiger partial charge in [-0.3, -0.25) is 4.90 Å². The van der Waals surface area contributed by atoms with Crippen LogP contribution in [0.1, 0.15) is 24.8 Å². The minimum Gasteiger partial charge on any atom is -0.306 e. The van der Waals surface area contributed by atoms with Crippen LogP contribution in [0.4, 0.5) is 4.39 Å². The molecule has 2 rings (SSSR count). The lowest BCUT2D eigenvalue weighted by Gasteiger charge is -2.23. The SMILES string of the molecule is CN(C)[C@@H]1CCCN(Cc2ccc(F)c(Cl)c2)CC1. The number of hydrogen-bond acceptors (Lipinski definition) is 2. The first-order valence-electron chi connectivity index (χ1n) is 6.89. The molecule has 0 amide bonds. The highest BCUT2D eigenvalue weighted by atomic mass is 35.5. The Morgan fingerprint density at radius 3 is 2.79 bits per heavy atom. The highest BCUT2D eigenvalue weighted by molar-refractivity contribution is 6.30. The Morgan fingerprint density at radius 2 is 2.11 bits per heavy atom. The summed E-state index contributed by atoms with van der Waals surface area (Å²) in [5, 5.41) is 0.221. The summed E-state index contributed by atoms with van der Waals surface area (Å²) in [6.45, 7) is 3.07. The van der Waals surface area contributed by atoms with Crippen molar-refractivity contribution in [3.8, 4) is 0 Å². The quantitative estimate of drug-likeness (QED) is 0.839. The third-order valence-electron chi connectivity index (χ3n) is 3.91. The first-order valence-corrected chi connectivity index (χ1v) is 7.27. The van der Waals surface area contributed by atoms with E-state index in [-0.39, 0.29) is 10.8 Å². The van der Waals surface area contributed by atoms with Gasteiger partial charge in [-0.25, -0.2) is 4.39 Å². The van der Waals surface area contributed by atoms with E-state index in [0.29, 0.717) is 6.04 Å². The highest BCUT2D eigenvalue weighted by Crippen LogP contribution is 2.20. The van der Waals surface area contributed by atoms with Crippen molar-refractivity contribution in [1.29, 1.82) is 0 Å². The zero-order chi connectivity index (χ0) is 13.8. The summed E-state index contributed by atoms with van der Waals surface area (Å²) < 4.78 is 13.1. The van der Waals surface area contributed by atoms with Gasteiger partial charge in [0.05, 0.1) is 5.02 Å². The molecule has 0 bridgehead atoms. The maximum Gasteiger partial charge on any atom is 0.141 e. The summed E-state index contributed by atoms with van der Waals surface area (Å²) in [7, 11) is 4.31. The summed E-state index contributed by atoms with van der Waals surface area (Å²) in [4.78, 5) is 4.76. The van der Waals surface area contributed by atoms with E-state index in [0.717, 1.165) is 25.2 Å². The summed E-state index contributed by atoms with van der Waals surface area (Å²) in [5.41, 5.74) is 1.09. The van der Waals surface area contributed by atoms with E-state index < -0.39 is 0 Å². The van der Waals surface area contributed by atoms with Gasteiger partial charge in [0.15, 0.2) is 0 Å². The number of rotatable bonds is 3. The first-order chi connectivity index (χ1) is 9.06. The first kappa shape index (κ1) is 14.8. The van der Waals surface area contributed by atoms with E-state index in [9.17, 15) is 4.39 Å². The lowest BCUT2D eigenvalue weighted by molar-refractivity contribution is 0.245. The molecule has 1 atom stereocenters. The molecule has 4 heteroatoms. The van der Waals surface area contributed by atoms with Gasteiger partial charge in [0.2, 0.25) is 0 Å². The Bertz CT molecular complexity index is 423. The molecule has 0 N–H and O–H groups in total. The Kier molecular flexibility index (Phi) is 5.20. The van der Waals surface area contributed by atoms with Crippen LogP contribution in [0.15, 0.2) is 18.2 Å². The second-order valence-corrected chi connectivity index (χ2v) is 5.98. The molecule has 0 spiro atoms. The van der Waals surface area contributed by atoms with E-state index in [1.165, 1.54) is 25.3 Å². The average Bonchev–Trinajstić information content (AvgIpc) is 2.59. The van der Waals surface area contributed by atoms with Crippen LogP contribution in [0, 0.1) is 5.82 Å². The van der Waals surface area contributed by atoms with Gasteiger partial charge in [-0.2, -0.15) is 0 Å².